The first kappa shape index (κ1) is 13.4. The number of halogens is 1. The van der Waals surface area contributed by atoms with Crippen molar-refractivity contribution in [3.8, 4) is 0 Å². The molecule has 1 aliphatic heterocycles. The molecule has 1 atom stereocenters. The van der Waals surface area contributed by atoms with Crippen molar-refractivity contribution in [2.75, 3.05) is 11.9 Å². The quantitative estimate of drug-likeness (QED) is 0.725. The molecule has 22 heavy (non-hydrogen) atoms. The minimum atomic E-state index is -1.74. The molecule has 110 valence electrons. The number of rotatable bonds is 1. The van der Waals surface area contributed by atoms with Crippen LogP contribution in [-0.2, 0) is 10.4 Å². The predicted molar refractivity (Wildman–Crippen MR) is 86.2 cm³/mol. The molecular weight excluding hydrogens is 300 g/mol. The van der Waals surface area contributed by atoms with Crippen LogP contribution in [0.1, 0.15) is 11.3 Å². The van der Waals surface area contributed by atoms with Gasteiger partial charge in [-0.1, -0.05) is 29.8 Å². The number of carbonyl (C=O) groups excluding carboxylic acids is 1. The topological polar surface area (TPSA) is 56.3 Å². The number of H-pyrrole nitrogens is 1. The van der Waals surface area contributed by atoms with Gasteiger partial charge < -0.3 is 15.0 Å². The second-order valence-electron chi connectivity index (χ2n) is 5.51. The number of aromatic nitrogens is 1. The number of benzene rings is 2. The van der Waals surface area contributed by atoms with E-state index in [4.69, 9.17) is 11.6 Å². The maximum atomic E-state index is 12.7. The zero-order valence-corrected chi connectivity index (χ0v) is 12.6. The van der Waals surface area contributed by atoms with Crippen molar-refractivity contribution >= 4 is 34.1 Å². The number of amides is 1. The molecule has 4 nitrogen and oxygen atoms in total. The largest absolute Gasteiger partial charge is 0.371 e. The van der Waals surface area contributed by atoms with E-state index >= 15 is 0 Å². The maximum Gasteiger partial charge on any atom is 0.269 e. The zero-order chi connectivity index (χ0) is 15.5. The monoisotopic (exact) mass is 312 g/mol. The van der Waals surface area contributed by atoms with Gasteiger partial charge in [0, 0.05) is 23.2 Å². The first-order chi connectivity index (χ1) is 10.5. The zero-order valence-electron chi connectivity index (χ0n) is 11.8. The van der Waals surface area contributed by atoms with Crippen molar-refractivity contribution in [2.45, 2.75) is 5.60 Å². The summed E-state index contributed by atoms with van der Waals surface area (Å²) in [5.74, 6) is -0.392. The molecule has 1 aromatic heterocycles. The summed E-state index contributed by atoms with van der Waals surface area (Å²) in [6.07, 6.45) is 0. The summed E-state index contributed by atoms with van der Waals surface area (Å²) in [4.78, 5) is 17.3. The number of nitrogens with one attached hydrogen (secondary N) is 1. The van der Waals surface area contributed by atoms with Crippen LogP contribution in [0.4, 0.5) is 5.69 Å². The second-order valence-corrected chi connectivity index (χ2v) is 5.94. The summed E-state index contributed by atoms with van der Waals surface area (Å²) in [7, 11) is 1.65. The van der Waals surface area contributed by atoms with E-state index in [9.17, 15) is 9.90 Å². The van der Waals surface area contributed by atoms with E-state index in [2.05, 4.69) is 4.98 Å². The van der Waals surface area contributed by atoms with Gasteiger partial charge in [-0.15, -0.1) is 0 Å². The Bertz CT molecular complexity index is 885. The van der Waals surface area contributed by atoms with Crippen molar-refractivity contribution in [3.63, 3.8) is 0 Å². The molecule has 4 rings (SSSR count). The van der Waals surface area contributed by atoms with Gasteiger partial charge in [0.05, 0.1) is 11.4 Å². The number of aromatic amines is 1. The van der Waals surface area contributed by atoms with Gasteiger partial charge in [0.25, 0.3) is 5.91 Å². The highest BCUT2D eigenvalue weighted by atomic mass is 35.5. The van der Waals surface area contributed by atoms with Crippen LogP contribution in [0.15, 0.2) is 48.5 Å². The third kappa shape index (κ3) is 1.59. The van der Waals surface area contributed by atoms with Crippen molar-refractivity contribution in [3.05, 3.63) is 64.8 Å². The SMILES string of the molecule is CN1C(=O)C(O)(c2cc3ccccc3[nH]2)c2cc(Cl)ccc21. The molecule has 0 saturated heterocycles. The van der Waals surface area contributed by atoms with Crippen LogP contribution in [0.3, 0.4) is 0 Å². The van der Waals surface area contributed by atoms with E-state index in [1.807, 2.05) is 24.3 Å². The highest BCUT2D eigenvalue weighted by molar-refractivity contribution is 6.31. The third-order valence-electron chi connectivity index (χ3n) is 4.24. The number of hydrogen-bond acceptors (Lipinski definition) is 2. The lowest BCUT2D eigenvalue weighted by Gasteiger charge is -2.20. The number of nitrogens with zero attached hydrogens (tertiary/aromatic N) is 1. The van der Waals surface area contributed by atoms with E-state index in [0.29, 0.717) is 22.0 Å². The highest BCUT2D eigenvalue weighted by Gasteiger charge is 2.51. The van der Waals surface area contributed by atoms with E-state index in [1.165, 1.54) is 4.90 Å². The van der Waals surface area contributed by atoms with E-state index in [0.717, 1.165) is 10.9 Å². The van der Waals surface area contributed by atoms with Gasteiger partial charge in [0.2, 0.25) is 5.60 Å². The number of aliphatic hydroxyl groups is 1. The van der Waals surface area contributed by atoms with Crippen molar-refractivity contribution in [1.82, 2.24) is 4.98 Å². The maximum absolute atomic E-state index is 12.7. The summed E-state index contributed by atoms with van der Waals surface area (Å²) >= 11 is 6.06. The number of anilines is 1. The van der Waals surface area contributed by atoms with Crippen LogP contribution in [0, 0.1) is 0 Å². The molecule has 3 aromatic rings. The molecule has 1 aliphatic rings. The summed E-state index contributed by atoms with van der Waals surface area (Å²) < 4.78 is 0. The Kier molecular flexibility index (Phi) is 2.64. The summed E-state index contributed by atoms with van der Waals surface area (Å²) in [6, 6.07) is 14.6. The molecule has 1 amide bonds. The van der Waals surface area contributed by atoms with E-state index < -0.39 is 11.5 Å². The third-order valence-corrected chi connectivity index (χ3v) is 4.48. The minimum Gasteiger partial charge on any atom is -0.371 e. The fourth-order valence-corrected chi connectivity index (χ4v) is 3.26. The first-order valence-corrected chi connectivity index (χ1v) is 7.28. The molecule has 5 heteroatoms. The van der Waals surface area contributed by atoms with Gasteiger partial charge in [0.15, 0.2) is 0 Å². The standard InChI is InChI=1S/C17H13ClN2O2/c1-20-14-7-6-11(18)9-12(14)17(22,16(20)21)15-8-10-4-2-3-5-13(10)19-15/h2-9,19,22H,1H3. The fourth-order valence-electron chi connectivity index (χ4n) is 3.09. The van der Waals surface area contributed by atoms with Gasteiger partial charge in [-0.05, 0) is 35.7 Å². The molecule has 1 unspecified atom stereocenters. The summed E-state index contributed by atoms with van der Waals surface area (Å²) in [5, 5.41) is 12.6. The van der Waals surface area contributed by atoms with Gasteiger partial charge in [-0.3, -0.25) is 4.79 Å². The number of fused-ring (bicyclic) bond motifs is 2. The van der Waals surface area contributed by atoms with Crippen molar-refractivity contribution in [2.24, 2.45) is 0 Å². The lowest BCUT2D eigenvalue weighted by molar-refractivity contribution is -0.132. The Morgan fingerprint density at radius 2 is 1.95 bits per heavy atom. The van der Waals surface area contributed by atoms with Crippen LogP contribution in [0.25, 0.3) is 10.9 Å². The Morgan fingerprint density at radius 1 is 1.18 bits per heavy atom. The average Bonchev–Trinajstić information content (AvgIpc) is 3.03. The Labute approximate surface area is 131 Å². The molecule has 2 heterocycles. The lowest BCUT2D eigenvalue weighted by atomic mass is 9.92. The molecule has 0 radical (unpaired) electrons. The average molecular weight is 313 g/mol. The number of carbonyl (C=O) groups is 1. The van der Waals surface area contributed by atoms with Gasteiger partial charge in [-0.2, -0.15) is 0 Å². The van der Waals surface area contributed by atoms with E-state index in [1.54, 1.807) is 31.3 Å². The number of likely N-dealkylation sites (N-methyl/N-ethyl adjacent to an activating group) is 1. The number of para-hydroxylation sites is 1. The second kappa shape index (κ2) is 4.35. The van der Waals surface area contributed by atoms with Gasteiger partial charge in [-0.25, -0.2) is 0 Å². The van der Waals surface area contributed by atoms with Crippen LogP contribution in [0.2, 0.25) is 5.02 Å². The molecule has 0 aliphatic carbocycles. The van der Waals surface area contributed by atoms with E-state index in [-0.39, 0.29) is 0 Å². The minimum absolute atomic E-state index is 0.392. The summed E-state index contributed by atoms with van der Waals surface area (Å²) in [5.41, 5.74) is 0.742. The number of hydrogen-bond donors (Lipinski definition) is 2. The van der Waals surface area contributed by atoms with Crippen molar-refractivity contribution in [1.29, 1.82) is 0 Å². The lowest BCUT2D eigenvalue weighted by Crippen LogP contribution is -2.39. The van der Waals surface area contributed by atoms with Crippen LogP contribution in [-0.4, -0.2) is 23.0 Å². The Hall–Kier alpha value is -2.30. The molecule has 0 fully saturated rings. The predicted octanol–water partition coefficient (Wildman–Crippen LogP) is 3.03. The normalized spacial score (nSPS) is 20.7. The highest BCUT2D eigenvalue weighted by Crippen LogP contribution is 2.44. The van der Waals surface area contributed by atoms with Crippen molar-refractivity contribution < 1.29 is 9.90 Å². The molecule has 2 N–H and O–H groups in total. The molecule has 0 saturated carbocycles. The van der Waals surface area contributed by atoms with Crippen LogP contribution in [0.5, 0.6) is 0 Å². The van der Waals surface area contributed by atoms with Gasteiger partial charge in [0.1, 0.15) is 0 Å². The molecular formula is C17H13ClN2O2. The first-order valence-electron chi connectivity index (χ1n) is 6.90. The Balaban J connectivity index is 2.00. The molecule has 2 aromatic carbocycles. The molecule has 0 spiro atoms. The van der Waals surface area contributed by atoms with Gasteiger partial charge >= 0.3 is 0 Å². The Morgan fingerprint density at radius 3 is 2.73 bits per heavy atom. The molecule has 0 bridgehead atoms. The van der Waals surface area contributed by atoms with Crippen LogP contribution >= 0.6 is 11.6 Å². The van der Waals surface area contributed by atoms with Crippen LogP contribution < -0.4 is 4.90 Å². The smallest absolute Gasteiger partial charge is 0.269 e. The summed E-state index contributed by atoms with van der Waals surface area (Å²) in [6.45, 7) is 0. The fraction of sp³-hybridized carbons (Fsp3) is 0.118.